The molecule has 0 saturated carbocycles. The molecule has 2 aromatic carbocycles. The highest BCUT2D eigenvalue weighted by Crippen LogP contribution is 2.48. The van der Waals surface area contributed by atoms with E-state index < -0.39 is 0 Å². The quantitative estimate of drug-likeness (QED) is 0.549. The molecule has 2 N–H and O–H groups in total. The van der Waals surface area contributed by atoms with Crippen LogP contribution in [0.4, 0.5) is 0 Å². The van der Waals surface area contributed by atoms with Crippen LogP contribution >= 0.6 is 11.6 Å². The molecule has 2 nitrogen and oxygen atoms in total. The van der Waals surface area contributed by atoms with Gasteiger partial charge in [-0.3, -0.25) is 0 Å². The van der Waals surface area contributed by atoms with Crippen LogP contribution < -0.4 is 0 Å². The number of phenols is 2. The summed E-state index contributed by atoms with van der Waals surface area (Å²) in [5.41, 5.74) is 1.53. The zero-order valence-corrected chi connectivity index (χ0v) is 10.0. The average molecular weight is 249 g/mol. The summed E-state index contributed by atoms with van der Waals surface area (Å²) in [6.45, 7) is 0. The molecule has 3 rings (SSSR count). The van der Waals surface area contributed by atoms with Crippen molar-refractivity contribution in [3.8, 4) is 11.5 Å². The Balaban J connectivity index is 2.44. The van der Waals surface area contributed by atoms with Crippen molar-refractivity contribution in [3.63, 3.8) is 0 Å². The van der Waals surface area contributed by atoms with Crippen LogP contribution in [0.3, 0.4) is 0 Å². The molecule has 1 aliphatic rings. The predicted molar refractivity (Wildman–Crippen MR) is 68.8 cm³/mol. The standard InChI is InChI=1S/C14H13ClO2/c15-11-7-3-6-10-12(11)14(17)9-5-2-1-4-8(9)13(10)16/h1-2,4-5,11,16-17H,3,6-7H2. The highest BCUT2D eigenvalue weighted by atomic mass is 35.5. The van der Waals surface area contributed by atoms with Crippen LogP contribution in [0.1, 0.15) is 29.3 Å². The summed E-state index contributed by atoms with van der Waals surface area (Å²) in [5, 5.41) is 21.7. The highest BCUT2D eigenvalue weighted by molar-refractivity contribution is 6.21. The third kappa shape index (κ3) is 1.48. The van der Waals surface area contributed by atoms with Gasteiger partial charge in [0.2, 0.25) is 0 Å². The molecular formula is C14H13ClO2. The minimum absolute atomic E-state index is 0.200. The van der Waals surface area contributed by atoms with Crippen LogP contribution in [0, 0.1) is 0 Å². The Morgan fingerprint density at radius 3 is 2.41 bits per heavy atom. The maximum atomic E-state index is 10.3. The molecule has 88 valence electrons. The van der Waals surface area contributed by atoms with Crippen LogP contribution in [0.2, 0.25) is 0 Å². The van der Waals surface area contributed by atoms with E-state index in [-0.39, 0.29) is 16.9 Å². The minimum atomic E-state index is -0.200. The van der Waals surface area contributed by atoms with E-state index in [4.69, 9.17) is 11.6 Å². The lowest BCUT2D eigenvalue weighted by atomic mass is 9.87. The van der Waals surface area contributed by atoms with E-state index >= 15 is 0 Å². The second-order valence-corrected chi connectivity index (χ2v) is 5.02. The molecule has 1 unspecified atom stereocenters. The van der Waals surface area contributed by atoms with E-state index in [9.17, 15) is 10.2 Å². The molecule has 0 saturated heterocycles. The van der Waals surface area contributed by atoms with E-state index in [1.807, 2.05) is 24.3 Å². The first-order chi connectivity index (χ1) is 8.20. The van der Waals surface area contributed by atoms with E-state index in [0.717, 1.165) is 24.8 Å². The second kappa shape index (κ2) is 3.81. The van der Waals surface area contributed by atoms with Crippen molar-refractivity contribution in [3.05, 3.63) is 35.4 Å². The number of phenolic OH excluding ortho intramolecular Hbond substituents is 2. The molecule has 0 aromatic heterocycles. The van der Waals surface area contributed by atoms with Crippen molar-refractivity contribution in [2.45, 2.75) is 24.6 Å². The Hall–Kier alpha value is -1.41. The molecule has 0 bridgehead atoms. The van der Waals surface area contributed by atoms with Crippen LogP contribution in [0.15, 0.2) is 24.3 Å². The van der Waals surface area contributed by atoms with Crippen molar-refractivity contribution < 1.29 is 10.2 Å². The number of alkyl halides is 1. The largest absolute Gasteiger partial charge is 0.507 e. The molecule has 0 heterocycles. The zero-order chi connectivity index (χ0) is 12.0. The molecule has 0 fully saturated rings. The summed E-state index contributed by atoms with van der Waals surface area (Å²) in [6, 6.07) is 7.33. The first-order valence-corrected chi connectivity index (χ1v) is 6.23. The van der Waals surface area contributed by atoms with Gasteiger partial charge in [0, 0.05) is 21.9 Å². The number of halogens is 1. The average Bonchev–Trinajstić information content (AvgIpc) is 2.36. The Morgan fingerprint density at radius 2 is 1.71 bits per heavy atom. The lowest BCUT2D eigenvalue weighted by Crippen LogP contribution is -2.06. The van der Waals surface area contributed by atoms with Gasteiger partial charge in [0.25, 0.3) is 0 Å². The number of hydrogen-bond acceptors (Lipinski definition) is 2. The van der Waals surface area contributed by atoms with Crippen LogP contribution in [-0.2, 0) is 6.42 Å². The maximum absolute atomic E-state index is 10.3. The van der Waals surface area contributed by atoms with Gasteiger partial charge in [-0.25, -0.2) is 0 Å². The number of benzene rings is 2. The first kappa shape index (κ1) is 10.7. The third-order valence-corrected chi connectivity index (χ3v) is 3.94. The van der Waals surface area contributed by atoms with E-state index in [1.165, 1.54) is 0 Å². The van der Waals surface area contributed by atoms with Crippen LogP contribution in [0.5, 0.6) is 11.5 Å². The monoisotopic (exact) mass is 248 g/mol. The maximum Gasteiger partial charge on any atom is 0.128 e. The van der Waals surface area contributed by atoms with Gasteiger partial charge >= 0.3 is 0 Å². The molecule has 1 atom stereocenters. The minimum Gasteiger partial charge on any atom is -0.507 e. The normalized spacial score (nSPS) is 19.2. The molecule has 0 aliphatic heterocycles. The van der Waals surface area contributed by atoms with Gasteiger partial charge in [-0.1, -0.05) is 24.3 Å². The zero-order valence-electron chi connectivity index (χ0n) is 9.28. The number of hydrogen-bond donors (Lipinski definition) is 2. The molecule has 0 spiro atoms. The van der Waals surface area contributed by atoms with Gasteiger partial charge in [0.05, 0.1) is 5.38 Å². The van der Waals surface area contributed by atoms with Crippen LogP contribution in [-0.4, -0.2) is 10.2 Å². The van der Waals surface area contributed by atoms with E-state index in [1.54, 1.807) is 0 Å². The smallest absolute Gasteiger partial charge is 0.128 e. The number of rotatable bonds is 0. The lowest BCUT2D eigenvalue weighted by molar-refractivity contribution is 0.447. The summed E-state index contributed by atoms with van der Waals surface area (Å²) in [6.07, 6.45) is 2.58. The lowest BCUT2D eigenvalue weighted by Gasteiger charge is -2.24. The Bertz CT molecular complexity index is 592. The van der Waals surface area contributed by atoms with E-state index in [2.05, 4.69) is 0 Å². The Labute approximate surface area is 104 Å². The second-order valence-electron chi connectivity index (χ2n) is 4.49. The Kier molecular flexibility index (Phi) is 2.40. The molecule has 17 heavy (non-hydrogen) atoms. The Morgan fingerprint density at radius 1 is 1.06 bits per heavy atom. The highest BCUT2D eigenvalue weighted by Gasteiger charge is 2.26. The molecule has 3 heteroatoms. The molecular weight excluding hydrogens is 236 g/mol. The fourth-order valence-corrected chi connectivity index (χ4v) is 3.06. The molecule has 0 radical (unpaired) electrons. The van der Waals surface area contributed by atoms with Crippen molar-refractivity contribution >= 4 is 22.4 Å². The fraction of sp³-hybridized carbons (Fsp3) is 0.286. The van der Waals surface area contributed by atoms with Crippen LogP contribution in [0.25, 0.3) is 10.8 Å². The van der Waals surface area contributed by atoms with Crippen molar-refractivity contribution in [1.82, 2.24) is 0 Å². The predicted octanol–water partition coefficient (Wildman–Crippen LogP) is 3.87. The van der Waals surface area contributed by atoms with Crippen molar-refractivity contribution in [1.29, 1.82) is 0 Å². The first-order valence-electron chi connectivity index (χ1n) is 5.79. The molecule has 2 aromatic rings. The molecule has 0 amide bonds. The van der Waals surface area contributed by atoms with Gasteiger partial charge in [-0.05, 0) is 19.3 Å². The van der Waals surface area contributed by atoms with Crippen molar-refractivity contribution in [2.24, 2.45) is 0 Å². The summed E-state index contributed by atoms with van der Waals surface area (Å²) in [4.78, 5) is 0. The summed E-state index contributed by atoms with van der Waals surface area (Å²) in [7, 11) is 0. The number of aromatic hydroxyl groups is 2. The van der Waals surface area contributed by atoms with Gasteiger partial charge in [-0.15, -0.1) is 11.6 Å². The topological polar surface area (TPSA) is 40.5 Å². The van der Waals surface area contributed by atoms with Gasteiger partial charge in [-0.2, -0.15) is 0 Å². The summed E-state index contributed by atoms with van der Waals surface area (Å²) < 4.78 is 0. The van der Waals surface area contributed by atoms with Gasteiger partial charge in [0.1, 0.15) is 11.5 Å². The van der Waals surface area contributed by atoms with Gasteiger partial charge in [0.15, 0.2) is 0 Å². The van der Waals surface area contributed by atoms with Crippen molar-refractivity contribution in [2.75, 3.05) is 0 Å². The van der Waals surface area contributed by atoms with Gasteiger partial charge < -0.3 is 10.2 Å². The molecule has 1 aliphatic carbocycles. The summed E-state index contributed by atoms with van der Waals surface area (Å²) in [5.74, 6) is 0.506. The SMILES string of the molecule is Oc1c2c(c(O)c3ccccc13)C(Cl)CCC2. The number of fused-ring (bicyclic) bond motifs is 2. The fourth-order valence-electron chi connectivity index (χ4n) is 2.67. The third-order valence-electron chi connectivity index (χ3n) is 3.50. The van der Waals surface area contributed by atoms with E-state index in [0.29, 0.717) is 16.3 Å². The summed E-state index contributed by atoms with van der Waals surface area (Å²) >= 11 is 6.25.